The Bertz CT molecular complexity index is 484. The molecule has 2 N–H and O–H groups in total. The van der Waals surface area contributed by atoms with E-state index in [9.17, 15) is 10.1 Å². The second-order valence-corrected chi connectivity index (χ2v) is 5.59. The summed E-state index contributed by atoms with van der Waals surface area (Å²) in [5.74, 6) is 0. The van der Waals surface area contributed by atoms with Gasteiger partial charge in [0.2, 0.25) is 0 Å². The molecule has 5 heteroatoms. The molecular formula is C15H23N3O2. The van der Waals surface area contributed by atoms with Crippen molar-refractivity contribution in [3.63, 3.8) is 0 Å². The summed E-state index contributed by atoms with van der Waals surface area (Å²) < 4.78 is 0. The maximum absolute atomic E-state index is 11.3. The summed E-state index contributed by atoms with van der Waals surface area (Å²) in [4.78, 5) is 11.0. The van der Waals surface area contributed by atoms with Crippen LogP contribution in [0.2, 0.25) is 0 Å². The highest BCUT2D eigenvalue weighted by atomic mass is 16.6. The topological polar surface area (TPSA) is 67.2 Å². The van der Waals surface area contributed by atoms with Crippen LogP contribution in [0, 0.1) is 15.5 Å². The molecule has 0 saturated heterocycles. The molecule has 0 aromatic heterocycles. The van der Waals surface area contributed by atoms with Gasteiger partial charge >= 0.3 is 5.69 Å². The zero-order chi connectivity index (χ0) is 14.6. The molecule has 0 unspecified atom stereocenters. The maximum Gasteiger partial charge on any atom is 0.315 e. The Balaban J connectivity index is 2.14. The van der Waals surface area contributed by atoms with E-state index in [2.05, 4.69) is 17.6 Å². The molecule has 0 amide bonds. The average molecular weight is 277 g/mol. The van der Waals surface area contributed by atoms with Gasteiger partial charge in [-0.15, -0.1) is 0 Å². The lowest BCUT2D eigenvalue weighted by Crippen LogP contribution is -2.16. The number of rotatable bonds is 8. The largest absolute Gasteiger partial charge is 0.380 e. The van der Waals surface area contributed by atoms with Crippen LogP contribution in [0.4, 0.5) is 17.1 Å². The van der Waals surface area contributed by atoms with E-state index in [-0.39, 0.29) is 10.6 Å². The summed E-state index contributed by atoms with van der Waals surface area (Å²) in [7, 11) is 0. The van der Waals surface area contributed by atoms with Crippen LogP contribution in [0.5, 0.6) is 0 Å². The molecule has 0 aliphatic heterocycles. The van der Waals surface area contributed by atoms with Gasteiger partial charge < -0.3 is 10.6 Å². The van der Waals surface area contributed by atoms with Crippen molar-refractivity contribution in [2.24, 2.45) is 5.41 Å². The lowest BCUT2D eigenvalue weighted by Gasteiger charge is -2.16. The molecule has 0 radical (unpaired) electrons. The molecule has 20 heavy (non-hydrogen) atoms. The third-order valence-electron chi connectivity index (χ3n) is 3.98. The van der Waals surface area contributed by atoms with Gasteiger partial charge in [-0.3, -0.25) is 10.1 Å². The number of nitrogens with one attached hydrogen (secondary N) is 2. The number of anilines is 2. The zero-order valence-corrected chi connectivity index (χ0v) is 12.2. The fourth-order valence-electron chi connectivity index (χ4n) is 2.72. The van der Waals surface area contributed by atoms with Gasteiger partial charge in [0.25, 0.3) is 0 Å². The van der Waals surface area contributed by atoms with E-state index >= 15 is 0 Å². The Hall–Kier alpha value is -1.78. The minimum absolute atomic E-state index is 0.154. The van der Waals surface area contributed by atoms with Gasteiger partial charge in [0.05, 0.1) is 4.92 Å². The van der Waals surface area contributed by atoms with Gasteiger partial charge in [0.1, 0.15) is 11.4 Å². The fraction of sp³-hybridized carbons (Fsp3) is 0.600. The molecule has 1 aliphatic carbocycles. The van der Waals surface area contributed by atoms with E-state index < -0.39 is 0 Å². The monoisotopic (exact) mass is 277 g/mol. The van der Waals surface area contributed by atoms with Crippen LogP contribution < -0.4 is 10.6 Å². The molecule has 0 bridgehead atoms. The van der Waals surface area contributed by atoms with Crippen LogP contribution in [0.15, 0.2) is 18.2 Å². The molecule has 0 spiro atoms. The summed E-state index contributed by atoms with van der Waals surface area (Å²) in [6, 6.07) is 5.40. The standard InChI is InChI=1S/C15H23N3O2/c1-3-8-15(9-10-15)11-17-13-7-5-6-12(16-4-2)14(13)18(19)20/h5-7,16-17H,3-4,8-11H2,1-2H3. The van der Waals surface area contributed by atoms with Crippen molar-refractivity contribution in [2.75, 3.05) is 23.7 Å². The van der Waals surface area contributed by atoms with E-state index in [0.717, 1.165) is 6.54 Å². The number of para-hydroxylation sites is 1. The number of hydrogen-bond donors (Lipinski definition) is 2. The van der Waals surface area contributed by atoms with E-state index in [4.69, 9.17) is 0 Å². The summed E-state index contributed by atoms with van der Waals surface area (Å²) in [6.07, 6.45) is 4.82. The van der Waals surface area contributed by atoms with Gasteiger partial charge in [0, 0.05) is 13.1 Å². The van der Waals surface area contributed by atoms with Crippen LogP contribution in [0.25, 0.3) is 0 Å². The van der Waals surface area contributed by atoms with E-state index in [1.807, 2.05) is 13.0 Å². The molecule has 1 aliphatic rings. The molecule has 1 fully saturated rings. The first kappa shape index (κ1) is 14.6. The van der Waals surface area contributed by atoms with E-state index in [1.165, 1.54) is 25.7 Å². The van der Waals surface area contributed by atoms with Crippen LogP contribution in [-0.2, 0) is 0 Å². The molecule has 0 atom stereocenters. The molecule has 5 nitrogen and oxygen atoms in total. The Kier molecular flexibility index (Phi) is 4.47. The second-order valence-electron chi connectivity index (χ2n) is 5.59. The third kappa shape index (κ3) is 3.21. The molecule has 0 heterocycles. The van der Waals surface area contributed by atoms with Gasteiger partial charge in [-0.2, -0.15) is 0 Å². The zero-order valence-electron chi connectivity index (χ0n) is 12.2. The number of nitro groups is 1. The number of nitrogens with zero attached hydrogens (tertiary/aromatic N) is 1. The van der Waals surface area contributed by atoms with Crippen molar-refractivity contribution in [3.05, 3.63) is 28.3 Å². The quantitative estimate of drug-likeness (QED) is 0.556. The lowest BCUT2D eigenvalue weighted by molar-refractivity contribution is -0.383. The van der Waals surface area contributed by atoms with E-state index in [0.29, 0.717) is 23.3 Å². The summed E-state index contributed by atoms with van der Waals surface area (Å²) in [5.41, 5.74) is 1.73. The number of nitro benzene ring substituents is 1. The Morgan fingerprint density at radius 1 is 1.25 bits per heavy atom. The van der Waals surface area contributed by atoms with Crippen LogP contribution in [0.1, 0.15) is 39.5 Å². The van der Waals surface area contributed by atoms with Gasteiger partial charge in [0.15, 0.2) is 0 Å². The first-order chi connectivity index (χ1) is 9.62. The van der Waals surface area contributed by atoms with Crippen molar-refractivity contribution in [1.82, 2.24) is 0 Å². The van der Waals surface area contributed by atoms with Crippen LogP contribution in [-0.4, -0.2) is 18.0 Å². The van der Waals surface area contributed by atoms with Gasteiger partial charge in [-0.1, -0.05) is 19.4 Å². The Morgan fingerprint density at radius 2 is 1.90 bits per heavy atom. The molecule has 110 valence electrons. The van der Waals surface area contributed by atoms with E-state index in [1.54, 1.807) is 12.1 Å². The molecular weight excluding hydrogens is 254 g/mol. The molecule has 1 aromatic carbocycles. The normalized spacial score (nSPS) is 15.7. The first-order valence-corrected chi connectivity index (χ1v) is 7.37. The van der Waals surface area contributed by atoms with Gasteiger partial charge in [-0.05, 0) is 43.7 Å². The molecule has 1 saturated carbocycles. The summed E-state index contributed by atoms with van der Waals surface area (Å²) >= 11 is 0. The van der Waals surface area contributed by atoms with Crippen molar-refractivity contribution in [3.8, 4) is 0 Å². The van der Waals surface area contributed by atoms with Gasteiger partial charge in [-0.25, -0.2) is 0 Å². The SMILES string of the molecule is CCCC1(CNc2cccc(NCC)c2[N+](=O)[O-])CC1. The number of hydrogen-bond acceptors (Lipinski definition) is 4. The van der Waals surface area contributed by atoms with Crippen molar-refractivity contribution in [1.29, 1.82) is 0 Å². The first-order valence-electron chi connectivity index (χ1n) is 7.37. The van der Waals surface area contributed by atoms with Crippen LogP contribution in [0.3, 0.4) is 0 Å². The van der Waals surface area contributed by atoms with Crippen LogP contribution >= 0.6 is 0 Å². The summed E-state index contributed by atoms with van der Waals surface area (Å²) in [6.45, 7) is 5.62. The number of benzene rings is 1. The Morgan fingerprint density at radius 3 is 2.40 bits per heavy atom. The predicted molar refractivity (Wildman–Crippen MR) is 82.3 cm³/mol. The molecule has 2 rings (SSSR count). The fourth-order valence-corrected chi connectivity index (χ4v) is 2.72. The highest BCUT2D eigenvalue weighted by molar-refractivity contribution is 5.76. The second kappa shape index (κ2) is 6.11. The highest BCUT2D eigenvalue weighted by Gasteiger charge is 2.41. The minimum Gasteiger partial charge on any atom is -0.380 e. The van der Waals surface area contributed by atoms with Crippen molar-refractivity contribution < 1.29 is 4.92 Å². The third-order valence-corrected chi connectivity index (χ3v) is 3.98. The summed E-state index contributed by atoms with van der Waals surface area (Å²) in [5, 5.41) is 17.7. The maximum atomic E-state index is 11.3. The predicted octanol–water partition coefficient (Wildman–Crippen LogP) is 4.02. The minimum atomic E-state index is -0.306. The Labute approximate surface area is 119 Å². The highest BCUT2D eigenvalue weighted by Crippen LogP contribution is 2.50. The van der Waals surface area contributed by atoms with Crippen molar-refractivity contribution in [2.45, 2.75) is 39.5 Å². The average Bonchev–Trinajstić information content (AvgIpc) is 3.17. The van der Waals surface area contributed by atoms with Crippen molar-refractivity contribution >= 4 is 17.1 Å². The smallest absolute Gasteiger partial charge is 0.315 e. The molecule has 1 aromatic rings. The lowest BCUT2D eigenvalue weighted by atomic mass is 10.0.